The van der Waals surface area contributed by atoms with Crippen LogP contribution in [0.4, 0.5) is 10.5 Å². The Labute approximate surface area is 199 Å². The largest absolute Gasteiger partial charge is 0.326 e. The number of Topliss-reactive ketones (excluding diaryl/α,β-unsaturated/α-hetero) is 1. The lowest BCUT2D eigenvalue weighted by Gasteiger charge is -2.25. The standard InChI is InChI=1S/C26H23N3O3.H2S/c30-23-17-29(25(31)19-11-5-2-6-12-19)22-15-16-28(24(22)23)26(32)27-21-14-8-7-13-20(21)18-9-3-1-4-10-18;/h1-14,22,24H,15-17H2,(H,27,32);1H2/t22-,24+;/m1./s1. The Kier molecular flexibility index (Phi) is 6.51. The molecule has 1 N–H and O–H groups in total. The van der Waals surface area contributed by atoms with Gasteiger partial charge in [0.2, 0.25) is 0 Å². The van der Waals surface area contributed by atoms with Crippen LogP contribution in [0.25, 0.3) is 11.1 Å². The molecule has 2 atom stereocenters. The number of carbonyl (C=O) groups is 3. The summed E-state index contributed by atoms with van der Waals surface area (Å²) in [5.41, 5.74) is 3.16. The predicted molar refractivity (Wildman–Crippen MR) is 133 cm³/mol. The van der Waals surface area contributed by atoms with E-state index < -0.39 is 6.04 Å². The molecule has 2 aliphatic rings. The maximum Gasteiger partial charge on any atom is 0.322 e. The third-order valence-electron chi connectivity index (χ3n) is 6.22. The van der Waals surface area contributed by atoms with Gasteiger partial charge in [0.25, 0.3) is 5.91 Å². The maximum atomic E-state index is 13.2. The first-order chi connectivity index (χ1) is 15.6. The molecule has 0 bridgehead atoms. The molecule has 0 aliphatic carbocycles. The number of fused-ring (bicyclic) bond motifs is 1. The Morgan fingerprint density at radius 1 is 0.818 bits per heavy atom. The van der Waals surface area contributed by atoms with Gasteiger partial charge in [-0.1, -0.05) is 66.7 Å². The van der Waals surface area contributed by atoms with Gasteiger partial charge in [-0.25, -0.2) is 4.79 Å². The van der Waals surface area contributed by atoms with Crippen LogP contribution in [0.3, 0.4) is 0 Å². The number of nitrogens with one attached hydrogen (secondary N) is 1. The van der Waals surface area contributed by atoms with Crippen molar-refractivity contribution in [1.82, 2.24) is 9.80 Å². The van der Waals surface area contributed by atoms with Crippen LogP contribution in [0.2, 0.25) is 0 Å². The summed E-state index contributed by atoms with van der Waals surface area (Å²) < 4.78 is 0. The van der Waals surface area contributed by atoms with Gasteiger partial charge in [-0.3, -0.25) is 9.59 Å². The Bertz CT molecular complexity index is 1170. The molecule has 0 aromatic heterocycles. The van der Waals surface area contributed by atoms with E-state index in [1.807, 2.05) is 60.7 Å². The molecule has 6 nitrogen and oxygen atoms in total. The van der Waals surface area contributed by atoms with E-state index in [0.29, 0.717) is 24.2 Å². The van der Waals surface area contributed by atoms with Gasteiger partial charge < -0.3 is 15.1 Å². The molecule has 3 amide bonds. The van der Waals surface area contributed by atoms with Crippen LogP contribution in [0.15, 0.2) is 84.9 Å². The molecule has 7 heteroatoms. The van der Waals surface area contributed by atoms with Crippen LogP contribution in [0.1, 0.15) is 16.8 Å². The van der Waals surface area contributed by atoms with Gasteiger partial charge in [0.05, 0.1) is 18.3 Å². The van der Waals surface area contributed by atoms with E-state index in [0.717, 1.165) is 11.1 Å². The first kappa shape index (κ1) is 22.6. The van der Waals surface area contributed by atoms with Crippen molar-refractivity contribution in [2.24, 2.45) is 0 Å². The first-order valence-electron chi connectivity index (χ1n) is 10.7. The van der Waals surface area contributed by atoms with E-state index >= 15 is 0 Å². The topological polar surface area (TPSA) is 69.7 Å². The number of anilines is 1. The molecule has 2 aliphatic heterocycles. The number of hydrogen-bond donors (Lipinski definition) is 1. The number of rotatable bonds is 3. The molecule has 0 unspecified atom stereocenters. The van der Waals surface area contributed by atoms with Crippen molar-refractivity contribution in [2.75, 3.05) is 18.4 Å². The van der Waals surface area contributed by atoms with E-state index in [9.17, 15) is 14.4 Å². The zero-order chi connectivity index (χ0) is 22.1. The van der Waals surface area contributed by atoms with Crippen LogP contribution in [0, 0.1) is 0 Å². The van der Waals surface area contributed by atoms with Gasteiger partial charge in [0.1, 0.15) is 6.04 Å². The molecule has 2 heterocycles. The number of para-hydroxylation sites is 1. The van der Waals surface area contributed by atoms with Crippen LogP contribution < -0.4 is 5.32 Å². The fourth-order valence-electron chi connectivity index (χ4n) is 4.71. The number of nitrogens with zero attached hydrogens (tertiary/aromatic N) is 2. The quantitative estimate of drug-likeness (QED) is 0.639. The number of urea groups is 1. The van der Waals surface area contributed by atoms with Crippen LogP contribution in [0.5, 0.6) is 0 Å². The van der Waals surface area contributed by atoms with E-state index in [-0.39, 0.29) is 43.8 Å². The van der Waals surface area contributed by atoms with Gasteiger partial charge in [0, 0.05) is 17.7 Å². The molecule has 5 rings (SSSR count). The molecule has 0 radical (unpaired) electrons. The molecular formula is C26H25N3O3S. The number of amides is 3. The Hall–Kier alpha value is -3.58. The zero-order valence-corrected chi connectivity index (χ0v) is 19.0. The smallest absolute Gasteiger partial charge is 0.322 e. The van der Waals surface area contributed by atoms with Crippen molar-refractivity contribution in [3.63, 3.8) is 0 Å². The SMILES string of the molecule is O=C1CN(C(=O)c2ccccc2)[C@@H]2CCN(C(=O)Nc3ccccc3-c3ccccc3)[C@H]12.S. The van der Waals surface area contributed by atoms with E-state index in [4.69, 9.17) is 0 Å². The van der Waals surface area contributed by atoms with Crippen molar-refractivity contribution >= 4 is 36.9 Å². The number of hydrogen-bond acceptors (Lipinski definition) is 3. The number of ketones is 1. The monoisotopic (exact) mass is 459 g/mol. The zero-order valence-electron chi connectivity index (χ0n) is 18.0. The highest BCUT2D eigenvalue weighted by Crippen LogP contribution is 2.33. The second kappa shape index (κ2) is 9.50. The number of benzene rings is 3. The summed E-state index contributed by atoms with van der Waals surface area (Å²) >= 11 is 0. The fourth-order valence-corrected chi connectivity index (χ4v) is 4.71. The van der Waals surface area contributed by atoms with Gasteiger partial charge in [0.15, 0.2) is 5.78 Å². The molecule has 2 fully saturated rings. The van der Waals surface area contributed by atoms with Crippen molar-refractivity contribution in [2.45, 2.75) is 18.5 Å². The lowest BCUT2D eigenvalue weighted by molar-refractivity contribution is -0.119. The van der Waals surface area contributed by atoms with Gasteiger partial charge in [-0.15, -0.1) is 0 Å². The highest BCUT2D eigenvalue weighted by atomic mass is 32.1. The van der Waals surface area contributed by atoms with Crippen molar-refractivity contribution in [1.29, 1.82) is 0 Å². The summed E-state index contributed by atoms with van der Waals surface area (Å²) in [5.74, 6) is -0.258. The van der Waals surface area contributed by atoms with Gasteiger partial charge in [-0.2, -0.15) is 13.5 Å². The minimum absolute atomic E-state index is 0. The maximum absolute atomic E-state index is 13.2. The normalized spacial score (nSPS) is 19.1. The lowest BCUT2D eigenvalue weighted by atomic mass is 10.0. The Morgan fingerprint density at radius 2 is 1.45 bits per heavy atom. The van der Waals surface area contributed by atoms with Crippen LogP contribution >= 0.6 is 13.5 Å². The van der Waals surface area contributed by atoms with Crippen molar-refractivity contribution in [3.8, 4) is 11.1 Å². The fraction of sp³-hybridized carbons (Fsp3) is 0.192. The van der Waals surface area contributed by atoms with Gasteiger partial charge >= 0.3 is 6.03 Å². The first-order valence-corrected chi connectivity index (χ1v) is 10.7. The van der Waals surface area contributed by atoms with Crippen LogP contribution in [-0.2, 0) is 4.79 Å². The number of carbonyl (C=O) groups excluding carboxylic acids is 3. The highest BCUT2D eigenvalue weighted by molar-refractivity contribution is 7.59. The predicted octanol–water partition coefficient (Wildman–Crippen LogP) is 4.17. The second-order valence-corrected chi connectivity index (χ2v) is 8.10. The Balaban J connectivity index is 0.00000259. The molecular weight excluding hydrogens is 434 g/mol. The second-order valence-electron chi connectivity index (χ2n) is 8.10. The summed E-state index contributed by atoms with van der Waals surface area (Å²) in [6.45, 7) is 0.465. The third-order valence-corrected chi connectivity index (χ3v) is 6.22. The summed E-state index contributed by atoms with van der Waals surface area (Å²) in [4.78, 5) is 42.2. The minimum atomic E-state index is -0.605. The molecule has 0 spiro atoms. The van der Waals surface area contributed by atoms with Gasteiger partial charge in [-0.05, 0) is 30.2 Å². The van der Waals surface area contributed by atoms with E-state index in [1.165, 1.54) is 0 Å². The summed E-state index contributed by atoms with van der Waals surface area (Å²) in [5, 5.41) is 2.99. The Morgan fingerprint density at radius 3 is 2.18 bits per heavy atom. The lowest BCUT2D eigenvalue weighted by Crippen LogP contribution is -2.45. The van der Waals surface area contributed by atoms with Crippen molar-refractivity contribution < 1.29 is 14.4 Å². The van der Waals surface area contributed by atoms with E-state index in [2.05, 4.69) is 5.32 Å². The summed E-state index contributed by atoms with van der Waals surface area (Å²) in [7, 11) is 0. The third kappa shape index (κ3) is 4.24. The summed E-state index contributed by atoms with van der Waals surface area (Å²) in [6, 6.07) is 25.2. The van der Waals surface area contributed by atoms with E-state index in [1.54, 1.807) is 34.1 Å². The molecule has 0 saturated carbocycles. The average Bonchev–Trinajstić information content (AvgIpc) is 3.41. The molecule has 3 aromatic rings. The minimum Gasteiger partial charge on any atom is -0.326 e. The average molecular weight is 460 g/mol. The molecule has 168 valence electrons. The summed E-state index contributed by atoms with van der Waals surface area (Å²) in [6.07, 6.45) is 0.586. The molecule has 2 saturated heterocycles. The molecule has 33 heavy (non-hydrogen) atoms. The van der Waals surface area contributed by atoms with Crippen molar-refractivity contribution in [3.05, 3.63) is 90.5 Å². The highest BCUT2D eigenvalue weighted by Gasteiger charge is 2.51. The van der Waals surface area contributed by atoms with Crippen LogP contribution in [-0.4, -0.2) is 52.7 Å². The number of likely N-dealkylation sites (tertiary alicyclic amines) is 2. The molecule has 3 aromatic carbocycles.